The van der Waals surface area contributed by atoms with E-state index in [1.54, 1.807) is 6.07 Å². The number of thiazole rings is 1. The van der Waals surface area contributed by atoms with Crippen LogP contribution in [0.1, 0.15) is 22.5 Å². The monoisotopic (exact) mass is 371 g/mol. The average Bonchev–Trinajstić information content (AvgIpc) is 3.31. The predicted octanol–water partition coefficient (Wildman–Crippen LogP) is 4.02. The fourth-order valence-electron chi connectivity index (χ4n) is 2.20. The molecular formula is C18H17N3O2S2. The minimum absolute atomic E-state index is 0.0946. The fraction of sp³-hybridized carbons (Fsp3) is 0.167. The SMILES string of the molecule is O=C(CCCNC(=O)c1cccs1)Nc1nc(-c2ccccc2)cs1. The Morgan fingerprint density at radius 3 is 2.64 bits per heavy atom. The number of benzene rings is 1. The topological polar surface area (TPSA) is 71.1 Å². The van der Waals surface area contributed by atoms with Gasteiger partial charge in [0.25, 0.3) is 5.91 Å². The molecule has 5 nitrogen and oxygen atoms in total. The maximum Gasteiger partial charge on any atom is 0.261 e. The molecule has 0 saturated carbocycles. The summed E-state index contributed by atoms with van der Waals surface area (Å²) in [6.07, 6.45) is 0.921. The lowest BCUT2D eigenvalue weighted by Gasteiger charge is -2.04. The number of rotatable bonds is 7. The van der Waals surface area contributed by atoms with Crippen LogP contribution in [0.2, 0.25) is 0 Å². The maximum absolute atomic E-state index is 12.0. The van der Waals surface area contributed by atoms with Gasteiger partial charge in [0, 0.05) is 23.9 Å². The van der Waals surface area contributed by atoms with Gasteiger partial charge in [-0.25, -0.2) is 4.98 Å². The normalized spacial score (nSPS) is 10.4. The van der Waals surface area contributed by atoms with Crippen molar-refractivity contribution in [3.8, 4) is 11.3 Å². The largest absolute Gasteiger partial charge is 0.351 e. The highest BCUT2D eigenvalue weighted by molar-refractivity contribution is 7.14. The van der Waals surface area contributed by atoms with Crippen molar-refractivity contribution < 1.29 is 9.59 Å². The van der Waals surface area contributed by atoms with Crippen LogP contribution in [0.5, 0.6) is 0 Å². The van der Waals surface area contributed by atoms with Crippen LogP contribution >= 0.6 is 22.7 Å². The number of anilines is 1. The molecule has 2 N–H and O–H groups in total. The third kappa shape index (κ3) is 4.98. The third-order valence-electron chi connectivity index (χ3n) is 3.43. The number of carbonyl (C=O) groups is 2. The van der Waals surface area contributed by atoms with E-state index in [1.165, 1.54) is 22.7 Å². The van der Waals surface area contributed by atoms with Crippen molar-refractivity contribution in [3.63, 3.8) is 0 Å². The molecule has 0 spiro atoms. The summed E-state index contributed by atoms with van der Waals surface area (Å²) >= 11 is 2.80. The molecule has 1 aromatic carbocycles. The van der Waals surface area contributed by atoms with E-state index in [4.69, 9.17) is 0 Å². The molecule has 0 aliphatic carbocycles. The summed E-state index contributed by atoms with van der Waals surface area (Å²) in [5.41, 5.74) is 1.87. The molecule has 0 aliphatic heterocycles. The van der Waals surface area contributed by atoms with Crippen LogP contribution in [-0.2, 0) is 4.79 Å². The molecule has 0 radical (unpaired) electrons. The van der Waals surface area contributed by atoms with Crippen molar-refractivity contribution in [2.24, 2.45) is 0 Å². The molecule has 0 aliphatic rings. The van der Waals surface area contributed by atoms with Crippen molar-refractivity contribution in [2.45, 2.75) is 12.8 Å². The van der Waals surface area contributed by atoms with E-state index < -0.39 is 0 Å². The first kappa shape index (κ1) is 17.3. The number of amides is 2. The number of nitrogens with zero attached hydrogens (tertiary/aromatic N) is 1. The van der Waals surface area contributed by atoms with Crippen LogP contribution in [0.25, 0.3) is 11.3 Å². The number of hydrogen-bond acceptors (Lipinski definition) is 5. The molecule has 0 fully saturated rings. The van der Waals surface area contributed by atoms with E-state index in [-0.39, 0.29) is 11.8 Å². The van der Waals surface area contributed by atoms with Crippen molar-refractivity contribution in [3.05, 3.63) is 58.1 Å². The van der Waals surface area contributed by atoms with Gasteiger partial charge in [0.05, 0.1) is 10.6 Å². The van der Waals surface area contributed by atoms with Crippen molar-refractivity contribution in [2.75, 3.05) is 11.9 Å². The highest BCUT2D eigenvalue weighted by Crippen LogP contribution is 2.24. The second kappa shape index (κ2) is 8.55. The van der Waals surface area contributed by atoms with Crippen LogP contribution < -0.4 is 10.6 Å². The van der Waals surface area contributed by atoms with Gasteiger partial charge in [0.15, 0.2) is 5.13 Å². The van der Waals surface area contributed by atoms with Crippen LogP contribution in [-0.4, -0.2) is 23.3 Å². The Bertz CT molecular complexity index is 829. The van der Waals surface area contributed by atoms with E-state index in [1.807, 2.05) is 47.2 Å². The molecule has 0 saturated heterocycles. The Morgan fingerprint density at radius 2 is 1.88 bits per heavy atom. The maximum atomic E-state index is 12.0. The van der Waals surface area contributed by atoms with Crippen LogP contribution in [0.4, 0.5) is 5.13 Å². The van der Waals surface area contributed by atoms with Gasteiger partial charge < -0.3 is 10.6 Å². The molecule has 0 bridgehead atoms. The molecule has 2 amide bonds. The van der Waals surface area contributed by atoms with E-state index in [2.05, 4.69) is 15.6 Å². The Balaban J connectivity index is 1.41. The van der Waals surface area contributed by atoms with Crippen molar-refractivity contribution >= 4 is 39.6 Å². The lowest BCUT2D eigenvalue weighted by atomic mass is 10.2. The van der Waals surface area contributed by atoms with Crippen LogP contribution in [0, 0.1) is 0 Å². The Kier molecular flexibility index (Phi) is 5.92. The van der Waals surface area contributed by atoms with Crippen LogP contribution in [0.3, 0.4) is 0 Å². The zero-order valence-electron chi connectivity index (χ0n) is 13.4. The zero-order chi connectivity index (χ0) is 17.5. The molecule has 25 heavy (non-hydrogen) atoms. The lowest BCUT2D eigenvalue weighted by molar-refractivity contribution is -0.116. The summed E-state index contributed by atoms with van der Waals surface area (Å²) in [7, 11) is 0. The molecule has 0 atom stereocenters. The molecule has 2 aromatic heterocycles. The van der Waals surface area contributed by atoms with Gasteiger partial charge in [0.1, 0.15) is 0 Å². The number of carbonyl (C=O) groups excluding carboxylic acids is 2. The summed E-state index contributed by atoms with van der Waals surface area (Å²) < 4.78 is 0. The lowest BCUT2D eigenvalue weighted by Crippen LogP contribution is -2.24. The smallest absolute Gasteiger partial charge is 0.261 e. The second-order valence-corrected chi connectivity index (χ2v) is 7.09. The third-order valence-corrected chi connectivity index (χ3v) is 5.06. The van der Waals surface area contributed by atoms with E-state index >= 15 is 0 Å². The second-order valence-electron chi connectivity index (χ2n) is 5.29. The van der Waals surface area contributed by atoms with Gasteiger partial charge in [-0.3, -0.25) is 9.59 Å². The summed E-state index contributed by atoms with van der Waals surface area (Å²) in [4.78, 5) is 28.9. The Morgan fingerprint density at radius 1 is 1.04 bits per heavy atom. The highest BCUT2D eigenvalue weighted by Gasteiger charge is 2.09. The first-order chi connectivity index (χ1) is 12.2. The Labute approximate surface area is 153 Å². The number of hydrogen-bond donors (Lipinski definition) is 2. The Hall–Kier alpha value is -2.51. The summed E-state index contributed by atoms with van der Waals surface area (Å²) in [5, 5.41) is 9.99. The van der Waals surface area contributed by atoms with Gasteiger partial charge in [-0.2, -0.15) is 0 Å². The van der Waals surface area contributed by atoms with Crippen molar-refractivity contribution in [1.29, 1.82) is 0 Å². The van der Waals surface area contributed by atoms with E-state index in [9.17, 15) is 9.59 Å². The average molecular weight is 371 g/mol. The fourth-order valence-corrected chi connectivity index (χ4v) is 3.58. The van der Waals surface area contributed by atoms with E-state index in [0.717, 1.165) is 11.3 Å². The summed E-state index contributed by atoms with van der Waals surface area (Å²) in [5.74, 6) is -0.192. The first-order valence-electron chi connectivity index (χ1n) is 7.85. The van der Waals surface area contributed by atoms with Gasteiger partial charge in [-0.1, -0.05) is 36.4 Å². The molecule has 3 rings (SSSR count). The quantitative estimate of drug-likeness (QED) is 0.616. The number of thiophene rings is 1. The van der Waals surface area contributed by atoms with E-state index in [0.29, 0.717) is 29.4 Å². The minimum Gasteiger partial charge on any atom is -0.351 e. The molecule has 3 aromatic rings. The van der Waals surface area contributed by atoms with Crippen molar-refractivity contribution in [1.82, 2.24) is 10.3 Å². The number of aromatic nitrogens is 1. The first-order valence-corrected chi connectivity index (χ1v) is 9.61. The standard InChI is InChI=1S/C18H17N3O2S2/c22-16(9-4-10-19-17(23)15-8-5-11-24-15)21-18-20-14(12-25-18)13-6-2-1-3-7-13/h1-3,5-8,11-12H,4,9-10H2,(H,19,23)(H,20,21,22). The summed E-state index contributed by atoms with van der Waals surface area (Å²) in [6, 6.07) is 13.4. The minimum atomic E-state index is -0.0978. The molecule has 2 heterocycles. The van der Waals surface area contributed by atoms with Crippen LogP contribution in [0.15, 0.2) is 53.2 Å². The molecule has 0 unspecified atom stereocenters. The predicted molar refractivity (Wildman–Crippen MR) is 102 cm³/mol. The van der Waals surface area contributed by atoms with Gasteiger partial charge in [-0.05, 0) is 17.9 Å². The number of nitrogens with one attached hydrogen (secondary N) is 2. The molecular weight excluding hydrogens is 354 g/mol. The molecule has 128 valence electrons. The van der Waals surface area contributed by atoms with Gasteiger partial charge >= 0.3 is 0 Å². The zero-order valence-corrected chi connectivity index (χ0v) is 15.0. The molecule has 7 heteroatoms. The highest BCUT2D eigenvalue weighted by atomic mass is 32.1. The van der Waals surface area contributed by atoms with Gasteiger partial charge in [0.2, 0.25) is 5.91 Å². The summed E-state index contributed by atoms with van der Waals surface area (Å²) in [6.45, 7) is 0.470. The van der Waals surface area contributed by atoms with Gasteiger partial charge in [-0.15, -0.1) is 22.7 Å².